The van der Waals surface area contributed by atoms with Crippen LogP contribution in [0.15, 0.2) is 65.5 Å². The highest BCUT2D eigenvalue weighted by Gasteiger charge is 2.16. The number of carbonyl (C=O) groups is 2. The molecule has 1 aromatic carbocycles. The molecule has 3 nitrogen and oxygen atoms in total. The maximum absolute atomic E-state index is 11.5. The van der Waals surface area contributed by atoms with Crippen LogP contribution in [0.25, 0.3) is 0 Å². The summed E-state index contributed by atoms with van der Waals surface area (Å²) in [5, 5.41) is 0. The van der Waals surface area contributed by atoms with Gasteiger partial charge in [0.15, 0.2) is 11.6 Å². The molecular weight excluding hydrogens is 252 g/mol. The number of carbonyl (C=O) groups excluding carboxylic acids is 2. The van der Waals surface area contributed by atoms with Gasteiger partial charge < -0.3 is 4.74 Å². The van der Waals surface area contributed by atoms with E-state index in [0.717, 1.165) is 11.3 Å². The van der Waals surface area contributed by atoms with Crippen molar-refractivity contribution in [2.45, 2.75) is 20.3 Å². The van der Waals surface area contributed by atoms with Crippen LogP contribution in [0.3, 0.4) is 0 Å². The van der Waals surface area contributed by atoms with Crippen LogP contribution in [0.2, 0.25) is 0 Å². The number of para-hydroxylation sites is 1. The van der Waals surface area contributed by atoms with Crippen LogP contribution < -0.4 is 4.74 Å². The minimum Gasteiger partial charge on any atom is -0.458 e. The van der Waals surface area contributed by atoms with Crippen molar-refractivity contribution in [3.63, 3.8) is 0 Å². The van der Waals surface area contributed by atoms with Crippen LogP contribution in [0.4, 0.5) is 0 Å². The Bertz CT molecular complexity index is 603. The van der Waals surface area contributed by atoms with Gasteiger partial charge in [-0.3, -0.25) is 9.59 Å². The van der Waals surface area contributed by atoms with Gasteiger partial charge in [0, 0.05) is 0 Å². The molecule has 0 aromatic heterocycles. The minimum absolute atomic E-state index is 0.196. The van der Waals surface area contributed by atoms with Gasteiger partial charge in [-0.25, -0.2) is 0 Å². The largest absolute Gasteiger partial charge is 0.458 e. The molecule has 0 bridgehead atoms. The molecule has 0 N–H and O–H groups in total. The Morgan fingerprint density at radius 2 is 1.65 bits per heavy atom. The zero-order valence-corrected chi connectivity index (χ0v) is 11.6. The fourth-order valence-corrected chi connectivity index (χ4v) is 2.12. The smallest absolute Gasteiger partial charge is 0.163 e. The quantitative estimate of drug-likeness (QED) is 0.477. The zero-order valence-electron chi connectivity index (χ0n) is 11.6. The number of benzene rings is 1. The molecular formula is C17H16O3. The number of hydrogen-bond acceptors (Lipinski definition) is 3. The predicted molar refractivity (Wildman–Crippen MR) is 77.3 cm³/mol. The van der Waals surface area contributed by atoms with Gasteiger partial charge in [0.25, 0.3) is 0 Å². The van der Waals surface area contributed by atoms with Crippen LogP contribution in [-0.4, -0.2) is 11.6 Å². The lowest BCUT2D eigenvalue weighted by molar-refractivity contribution is -0.119. The maximum Gasteiger partial charge on any atom is 0.163 e. The average molecular weight is 268 g/mol. The normalized spacial score (nSPS) is 13.7. The second-order valence-electron chi connectivity index (χ2n) is 4.57. The summed E-state index contributed by atoms with van der Waals surface area (Å²) in [4.78, 5) is 23.0. The van der Waals surface area contributed by atoms with Crippen molar-refractivity contribution in [3.8, 4) is 5.75 Å². The Labute approximate surface area is 118 Å². The third-order valence-corrected chi connectivity index (χ3v) is 2.98. The highest BCUT2D eigenvalue weighted by atomic mass is 16.5. The van der Waals surface area contributed by atoms with E-state index in [1.807, 2.05) is 36.4 Å². The fourth-order valence-electron chi connectivity index (χ4n) is 2.12. The minimum atomic E-state index is -0.196. The molecule has 1 aliphatic carbocycles. The van der Waals surface area contributed by atoms with Crippen LogP contribution in [0, 0.1) is 0 Å². The van der Waals surface area contributed by atoms with Crippen molar-refractivity contribution in [2.24, 2.45) is 0 Å². The third-order valence-electron chi connectivity index (χ3n) is 2.98. The zero-order chi connectivity index (χ0) is 14.5. The number of ketones is 2. The molecule has 0 fully saturated rings. The van der Waals surface area contributed by atoms with E-state index in [9.17, 15) is 9.59 Å². The summed E-state index contributed by atoms with van der Waals surface area (Å²) in [6, 6.07) is 9.47. The number of ether oxygens (including phenoxy) is 1. The highest BCUT2D eigenvalue weighted by Crippen LogP contribution is 2.22. The molecule has 0 heterocycles. The SMILES string of the molecule is CC(=O)C(C(C)=O)=C1C=CC(Oc2ccccc2)=CC1. The van der Waals surface area contributed by atoms with Crippen molar-refractivity contribution in [2.75, 3.05) is 0 Å². The van der Waals surface area contributed by atoms with Crippen LogP contribution in [0.5, 0.6) is 5.75 Å². The van der Waals surface area contributed by atoms with Crippen molar-refractivity contribution in [1.29, 1.82) is 0 Å². The summed E-state index contributed by atoms with van der Waals surface area (Å²) < 4.78 is 5.69. The molecule has 3 heteroatoms. The maximum atomic E-state index is 11.5. The first kappa shape index (κ1) is 14.0. The third kappa shape index (κ3) is 3.32. The lowest BCUT2D eigenvalue weighted by Gasteiger charge is -2.13. The standard InChI is InChI=1S/C17H16O3/c1-12(18)17(13(2)19)14-8-10-16(11-9-14)20-15-6-4-3-5-7-15/h3-8,10-11H,9H2,1-2H3. The summed E-state index contributed by atoms with van der Waals surface area (Å²) >= 11 is 0. The first-order valence-corrected chi connectivity index (χ1v) is 6.44. The lowest BCUT2D eigenvalue weighted by atomic mass is 9.96. The van der Waals surface area contributed by atoms with Gasteiger partial charge in [-0.15, -0.1) is 0 Å². The Hall–Kier alpha value is -2.42. The van der Waals surface area contributed by atoms with Crippen molar-refractivity contribution in [1.82, 2.24) is 0 Å². The van der Waals surface area contributed by atoms with Crippen LogP contribution >= 0.6 is 0 Å². The Balaban J connectivity index is 2.15. The molecule has 0 aliphatic heterocycles. The molecule has 1 aromatic rings. The molecule has 0 atom stereocenters. The Morgan fingerprint density at radius 1 is 1.00 bits per heavy atom. The summed E-state index contributed by atoms with van der Waals surface area (Å²) in [5.74, 6) is 1.08. The van der Waals surface area contributed by atoms with Crippen molar-refractivity contribution in [3.05, 3.63) is 65.5 Å². The van der Waals surface area contributed by atoms with Gasteiger partial charge >= 0.3 is 0 Å². The molecule has 0 saturated heterocycles. The highest BCUT2D eigenvalue weighted by molar-refractivity contribution is 6.19. The summed E-state index contributed by atoms with van der Waals surface area (Å²) in [7, 11) is 0. The Morgan fingerprint density at radius 3 is 2.15 bits per heavy atom. The van der Waals surface area contributed by atoms with Crippen LogP contribution in [0.1, 0.15) is 20.3 Å². The summed E-state index contributed by atoms with van der Waals surface area (Å²) in [6.45, 7) is 2.83. The van der Waals surface area contributed by atoms with E-state index in [0.29, 0.717) is 12.2 Å². The Kier molecular flexibility index (Phi) is 4.31. The van der Waals surface area contributed by atoms with E-state index < -0.39 is 0 Å². The van der Waals surface area contributed by atoms with Crippen molar-refractivity contribution >= 4 is 11.6 Å². The molecule has 102 valence electrons. The molecule has 1 aliphatic rings. The average Bonchev–Trinajstić information content (AvgIpc) is 2.41. The van der Waals surface area contributed by atoms with E-state index in [2.05, 4.69) is 0 Å². The monoisotopic (exact) mass is 268 g/mol. The number of hydrogen-bond donors (Lipinski definition) is 0. The van der Waals surface area contributed by atoms with Crippen molar-refractivity contribution < 1.29 is 14.3 Å². The first-order chi connectivity index (χ1) is 9.58. The van der Waals surface area contributed by atoms with Gasteiger partial charge in [0.2, 0.25) is 0 Å². The molecule has 0 spiro atoms. The fraction of sp³-hybridized carbons (Fsp3) is 0.176. The second kappa shape index (κ2) is 6.15. The number of rotatable bonds is 4. The van der Waals surface area contributed by atoms with Gasteiger partial charge in [-0.1, -0.05) is 24.3 Å². The van der Waals surface area contributed by atoms with E-state index in [4.69, 9.17) is 4.74 Å². The first-order valence-electron chi connectivity index (χ1n) is 6.44. The van der Waals surface area contributed by atoms with Gasteiger partial charge in [-0.2, -0.15) is 0 Å². The number of Topliss-reactive ketones (excluding diaryl/α,β-unsaturated/α-hetero) is 2. The van der Waals surface area contributed by atoms with Gasteiger partial charge in [0.05, 0.1) is 5.57 Å². The van der Waals surface area contributed by atoms with E-state index in [-0.39, 0.29) is 17.1 Å². The topological polar surface area (TPSA) is 43.4 Å². The van der Waals surface area contributed by atoms with Crippen LogP contribution in [-0.2, 0) is 9.59 Å². The van der Waals surface area contributed by atoms with E-state index >= 15 is 0 Å². The molecule has 20 heavy (non-hydrogen) atoms. The molecule has 0 radical (unpaired) electrons. The molecule has 0 amide bonds. The summed E-state index contributed by atoms with van der Waals surface area (Å²) in [5.41, 5.74) is 1.02. The molecule has 0 unspecified atom stereocenters. The second-order valence-corrected chi connectivity index (χ2v) is 4.57. The predicted octanol–water partition coefficient (Wildman–Crippen LogP) is 3.38. The lowest BCUT2D eigenvalue weighted by Crippen LogP contribution is -2.10. The molecule has 2 rings (SSSR count). The molecule has 0 saturated carbocycles. The number of allylic oxidation sites excluding steroid dienone is 5. The summed E-state index contributed by atoms with van der Waals surface area (Å²) in [6.07, 6.45) is 5.94. The van der Waals surface area contributed by atoms with Gasteiger partial charge in [-0.05, 0) is 50.1 Å². The van der Waals surface area contributed by atoms with E-state index in [1.165, 1.54) is 13.8 Å². The van der Waals surface area contributed by atoms with Gasteiger partial charge in [0.1, 0.15) is 11.5 Å². The van der Waals surface area contributed by atoms with E-state index in [1.54, 1.807) is 12.2 Å².